The first-order valence-corrected chi connectivity index (χ1v) is 7.55. The highest BCUT2D eigenvalue weighted by atomic mass is 16.2. The molecule has 0 aromatic heterocycles. The highest BCUT2D eigenvalue weighted by Gasteiger charge is 2.16. The number of rotatable bonds is 4. The van der Waals surface area contributed by atoms with Gasteiger partial charge in [0, 0.05) is 12.1 Å². The van der Waals surface area contributed by atoms with Crippen LogP contribution in [0.4, 0.5) is 0 Å². The van der Waals surface area contributed by atoms with Crippen molar-refractivity contribution in [3.8, 4) is 0 Å². The molecule has 1 heterocycles. The van der Waals surface area contributed by atoms with Gasteiger partial charge in [-0.3, -0.25) is 15.1 Å². The molecule has 2 rings (SSSR count). The van der Waals surface area contributed by atoms with E-state index in [4.69, 9.17) is 5.84 Å². The summed E-state index contributed by atoms with van der Waals surface area (Å²) >= 11 is 0. The first-order chi connectivity index (χ1) is 9.72. The average molecular weight is 275 g/mol. The van der Waals surface area contributed by atoms with Gasteiger partial charge in [-0.25, -0.2) is 5.84 Å². The van der Waals surface area contributed by atoms with Crippen molar-refractivity contribution in [1.29, 1.82) is 0 Å². The van der Waals surface area contributed by atoms with Gasteiger partial charge in [-0.2, -0.15) is 0 Å². The molecule has 1 aliphatic heterocycles. The third kappa shape index (κ3) is 4.05. The number of amides is 1. The summed E-state index contributed by atoms with van der Waals surface area (Å²) in [6.45, 7) is 5.52. The second kappa shape index (κ2) is 7.41. The molecule has 0 saturated carbocycles. The van der Waals surface area contributed by atoms with Gasteiger partial charge >= 0.3 is 0 Å². The molecular weight excluding hydrogens is 250 g/mol. The molecule has 1 unspecified atom stereocenters. The largest absolute Gasteiger partial charge is 0.299 e. The first-order valence-electron chi connectivity index (χ1n) is 7.55. The molecule has 4 heteroatoms. The summed E-state index contributed by atoms with van der Waals surface area (Å²) in [6.07, 6.45) is 5.21. The zero-order valence-electron chi connectivity index (χ0n) is 12.3. The van der Waals surface area contributed by atoms with E-state index in [0.717, 1.165) is 25.6 Å². The fourth-order valence-corrected chi connectivity index (χ4v) is 2.94. The van der Waals surface area contributed by atoms with Crippen LogP contribution in [0, 0.1) is 5.92 Å². The maximum Gasteiger partial charge on any atom is 0.265 e. The molecule has 0 bridgehead atoms. The Labute approximate surface area is 121 Å². The summed E-state index contributed by atoms with van der Waals surface area (Å²) in [5.74, 6) is 5.84. The number of hydrogen-bond acceptors (Lipinski definition) is 3. The van der Waals surface area contributed by atoms with Crippen molar-refractivity contribution in [3.63, 3.8) is 0 Å². The van der Waals surface area contributed by atoms with Crippen LogP contribution >= 0.6 is 0 Å². The topological polar surface area (TPSA) is 58.4 Å². The van der Waals surface area contributed by atoms with Gasteiger partial charge in [-0.1, -0.05) is 25.5 Å². The predicted molar refractivity (Wildman–Crippen MR) is 81.0 cm³/mol. The number of carbonyl (C=O) groups is 1. The minimum absolute atomic E-state index is 0.228. The normalized spacial score (nSPS) is 20.4. The van der Waals surface area contributed by atoms with Crippen molar-refractivity contribution >= 4 is 5.91 Å². The van der Waals surface area contributed by atoms with E-state index in [-0.39, 0.29) is 5.91 Å². The maximum absolute atomic E-state index is 11.5. The summed E-state index contributed by atoms with van der Waals surface area (Å²) in [7, 11) is 0. The van der Waals surface area contributed by atoms with E-state index in [1.807, 2.05) is 12.1 Å². The summed E-state index contributed by atoms with van der Waals surface area (Å²) in [5, 5.41) is 0. The number of nitrogens with zero attached hydrogens (tertiary/aromatic N) is 1. The Balaban J connectivity index is 1.97. The van der Waals surface area contributed by atoms with Gasteiger partial charge in [0.05, 0.1) is 0 Å². The second-order valence-electron chi connectivity index (χ2n) is 5.66. The van der Waals surface area contributed by atoms with E-state index in [1.54, 1.807) is 6.07 Å². The highest BCUT2D eigenvalue weighted by molar-refractivity contribution is 5.93. The van der Waals surface area contributed by atoms with Gasteiger partial charge in [0.1, 0.15) is 0 Å². The van der Waals surface area contributed by atoms with Crippen LogP contribution in [0.3, 0.4) is 0 Å². The monoisotopic (exact) mass is 275 g/mol. The molecule has 1 amide bonds. The number of likely N-dealkylation sites (tertiary alicyclic amines) is 1. The van der Waals surface area contributed by atoms with E-state index < -0.39 is 0 Å². The minimum Gasteiger partial charge on any atom is -0.299 e. The number of nitrogens with one attached hydrogen (secondary N) is 1. The second-order valence-corrected chi connectivity index (χ2v) is 5.66. The number of benzene rings is 1. The zero-order chi connectivity index (χ0) is 14.4. The Hall–Kier alpha value is -1.39. The lowest BCUT2D eigenvalue weighted by atomic mass is 9.98. The van der Waals surface area contributed by atoms with Crippen LogP contribution in [0.1, 0.15) is 48.5 Å². The molecule has 1 saturated heterocycles. The predicted octanol–water partition coefficient (Wildman–Crippen LogP) is 2.30. The molecule has 20 heavy (non-hydrogen) atoms. The van der Waals surface area contributed by atoms with Crippen molar-refractivity contribution < 1.29 is 4.79 Å². The summed E-state index contributed by atoms with van der Waals surface area (Å²) in [5.41, 5.74) is 4.00. The molecular formula is C16H25N3O. The number of nitrogens with two attached hydrogens (primary N) is 1. The fraction of sp³-hybridized carbons (Fsp3) is 0.562. The Morgan fingerprint density at radius 2 is 2.25 bits per heavy atom. The molecule has 0 aliphatic carbocycles. The molecule has 0 radical (unpaired) electrons. The zero-order valence-corrected chi connectivity index (χ0v) is 12.3. The molecule has 4 nitrogen and oxygen atoms in total. The van der Waals surface area contributed by atoms with E-state index >= 15 is 0 Å². The Kier molecular flexibility index (Phi) is 5.56. The molecule has 0 spiro atoms. The van der Waals surface area contributed by atoms with Crippen molar-refractivity contribution in [2.45, 2.75) is 39.2 Å². The van der Waals surface area contributed by atoms with Crippen LogP contribution in [-0.2, 0) is 6.54 Å². The van der Waals surface area contributed by atoms with Crippen LogP contribution in [0.25, 0.3) is 0 Å². The minimum atomic E-state index is -0.228. The highest BCUT2D eigenvalue weighted by Crippen LogP contribution is 2.21. The molecule has 1 aromatic carbocycles. The lowest BCUT2D eigenvalue weighted by molar-refractivity contribution is 0.0953. The Morgan fingerprint density at radius 3 is 3.00 bits per heavy atom. The van der Waals surface area contributed by atoms with Gasteiger partial charge in [0.2, 0.25) is 0 Å². The molecule has 1 atom stereocenters. The molecule has 1 aliphatic rings. The Bertz CT molecular complexity index is 447. The SMILES string of the molecule is CCC1CCCN(Cc2cccc(C(=O)NN)c2)CC1. The van der Waals surface area contributed by atoms with Crippen LogP contribution in [0.5, 0.6) is 0 Å². The van der Waals surface area contributed by atoms with Gasteiger partial charge in [-0.15, -0.1) is 0 Å². The van der Waals surface area contributed by atoms with Crippen LogP contribution in [0.2, 0.25) is 0 Å². The summed E-state index contributed by atoms with van der Waals surface area (Å²) in [4.78, 5) is 14.0. The standard InChI is InChI=1S/C16H25N3O/c1-2-13-6-4-9-19(10-8-13)12-14-5-3-7-15(11-14)16(20)18-17/h3,5,7,11,13H,2,4,6,8-10,12,17H2,1H3,(H,18,20). The van der Waals surface area contributed by atoms with Gasteiger partial charge in [0.25, 0.3) is 5.91 Å². The van der Waals surface area contributed by atoms with Gasteiger partial charge in [0.15, 0.2) is 0 Å². The maximum atomic E-state index is 11.5. The summed E-state index contributed by atoms with van der Waals surface area (Å²) in [6, 6.07) is 7.73. The van der Waals surface area contributed by atoms with Crippen molar-refractivity contribution in [3.05, 3.63) is 35.4 Å². The molecule has 1 aromatic rings. The van der Waals surface area contributed by atoms with Crippen molar-refractivity contribution in [1.82, 2.24) is 10.3 Å². The smallest absolute Gasteiger partial charge is 0.265 e. The van der Waals surface area contributed by atoms with Gasteiger partial charge < -0.3 is 0 Å². The van der Waals surface area contributed by atoms with Crippen molar-refractivity contribution in [2.24, 2.45) is 11.8 Å². The number of hydrogen-bond donors (Lipinski definition) is 2. The third-order valence-corrected chi connectivity index (χ3v) is 4.24. The third-order valence-electron chi connectivity index (χ3n) is 4.24. The average Bonchev–Trinajstić information content (AvgIpc) is 2.72. The number of carbonyl (C=O) groups excluding carboxylic acids is 1. The summed E-state index contributed by atoms with van der Waals surface area (Å²) < 4.78 is 0. The van der Waals surface area contributed by atoms with E-state index in [0.29, 0.717) is 5.56 Å². The van der Waals surface area contributed by atoms with E-state index in [2.05, 4.69) is 23.3 Å². The molecule has 1 fully saturated rings. The Morgan fingerprint density at radius 1 is 1.40 bits per heavy atom. The molecule has 110 valence electrons. The number of hydrazine groups is 1. The lowest BCUT2D eigenvalue weighted by Gasteiger charge is -2.20. The lowest BCUT2D eigenvalue weighted by Crippen LogP contribution is -2.30. The number of nitrogen functional groups attached to an aromatic ring is 1. The van der Waals surface area contributed by atoms with Crippen LogP contribution < -0.4 is 11.3 Å². The first kappa shape index (κ1) is 15.0. The van der Waals surface area contributed by atoms with Crippen LogP contribution in [0.15, 0.2) is 24.3 Å². The van der Waals surface area contributed by atoms with Gasteiger partial charge in [-0.05, 0) is 56.0 Å². The van der Waals surface area contributed by atoms with Crippen LogP contribution in [-0.4, -0.2) is 23.9 Å². The van der Waals surface area contributed by atoms with E-state index in [1.165, 1.54) is 31.2 Å². The van der Waals surface area contributed by atoms with Crippen molar-refractivity contribution in [2.75, 3.05) is 13.1 Å². The van der Waals surface area contributed by atoms with E-state index in [9.17, 15) is 4.79 Å². The quantitative estimate of drug-likeness (QED) is 0.503. The fourth-order valence-electron chi connectivity index (χ4n) is 2.94. The molecule has 3 N–H and O–H groups in total.